The summed E-state index contributed by atoms with van der Waals surface area (Å²) in [6.07, 6.45) is 3.71. The van der Waals surface area contributed by atoms with Gasteiger partial charge in [-0.2, -0.15) is 5.10 Å². The zero-order chi connectivity index (χ0) is 13.0. The third-order valence-corrected chi connectivity index (χ3v) is 2.87. The topological polar surface area (TPSA) is 27.1 Å². The van der Waals surface area contributed by atoms with Gasteiger partial charge in [-0.1, -0.05) is 32.9 Å². The Morgan fingerprint density at radius 1 is 1.17 bits per heavy atom. The van der Waals surface area contributed by atoms with Gasteiger partial charge in [-0.15, -0.1) is 0 Å². The summed E-state index contributed by atoms with van der Waals surface area (Å²) in [6, 6.07) is 10.2. The average Bonchev–Trinajstić information content (AvgIpc) is 2.82. The van der Waals surface area contributed by atoms with Crippen LogP contribution in [0.1, 0.15) is 26.3 Å². The lowest BCUT2D eigenvalue weighted by molar-refractivity contribution is 0.291. The van der Waals surface area contributed by atoms with Crippen LogP contribution in [-0.4, -0.2) is 16.4 Å². The zero-order valence-electron chi connectivity index (χ0n) is 11.3. The highest BCUT2D eigenvalue weighted by atomic mass is 16.5. The summed E-state index contributed by atoms with van der Waals surface area (Å²) in [6.45, 7) is 8.03. The van der Waals surface area contributed by atoms with Crippen LogP contribution in [0.25, 0.3) is 0 Å². The lowest BCUT2D eigenvalue weighted by Gasteiger charge is -2.19. The van der Waals surface area contributed by atoms with E-state index >= 15 is 0 Å². The molecule has 0 radical (unpaired) electrons. The Hall–Kier alpha value is -1.77. The van der Waals surface area contributed by atoms with Crippen molar-refractivity contribution >= 4 is 0 Å². The molecule has 0 N–H and O–H groups in total. The summed E-state index contributed by atoms with van der Waals surface area (Å²) in [4.78, 5) is 0. The van der Waals surface area contributed by atoms with Gasteiger partial charge < -0.3 is 4.74 Å². The van der Waals surface area contributed by atoms with Gasteiger partial charge in [0, 0.05) is 12.4 Å². The van der Waals surface area contributed by atoms with Crippen LogP contribution in [0.4, 0.5) is 0 Å². The molecule has 0 atom stereocenters. The minimum Gasteiger partial charge on any atom is -0.492 e. The summed E-state index contributed by atoms with van der Waals surface area (Å²) < 4.78 is 7.55. The van der Waals surface area contributed by atoms with Gasteiger partial charge in [-0.25, -0.2) is 0 Å². The molecule has 0 aliphatic rings. The molecule has 0 aliphatic carbocycles. The fourth-order valence-electron chi connectivity index (χ4n) is 1.74. The van der Waals surface area contributed by atoms with Gasteiger partial charge in [-0.05, 0) is 29.2 Å². The molecule has 2 aromatic rings. The first kappa shape index (κ1) is 12.7. The Morgan fingerprint density at radius 3 is 2.44 bits per heavy atom. The maximum Gasteiger partial charge on any atom is 0.119 e. The molecule has 2 rings (SSSR count). The smallest absolute Gasteiger partial charge is 0.119 e. The minimum absolute atomic E-state index is 0.188. The zero-order valence-corrected chi connectivity index (χ0v) is 11.3. The maximum atomic E-state index is 5.69. The second kappa shape index (κ2) is 5.25. The van der Waals surface area contributed by atoms with Crippen LogP contribution in [0.3, 0.4) is 0 Å². The highest BCUT2D eigenvalue weighted by Gasteiger charge is 2.12. The van der Waals surface area contributed by atoms with Crippen molar-refractivity contribution in [2.75, 3.05) is 6.61 Å². The number of aromatic nitrogens is 2. The van der Waals surface area contributed by atoms with Crippen LogP contribution in [0.2, 0.25) is 0 Å². The molecular formula is C15H20N2O. The molecule has 18 heavy (non-hydrogen) atoms. The number of rotatable bonds is 4. The molecule has 0 fully saturated rings. The quantitative estimate of drug-likeness (QED) is 0.825. The summed E-state index contributed by atoms with van der Waals surface area (Å²) in [5, 5.41) is 4.13. The third kappa shape index (κ3) is 3.36. The van der Waals surface area contributed by atoms with E-state index in [2.05, 4.69) is 38.0 Å². The molecule has 0 spiro atoms. The van der Waals surface area contributed by atoms with E-state index in [-0.39, 0.29) is 5.41 Å². The second-order valence-electron chi connectivity index (χ2n) is 5.39. The van der Waals surface area contributed by atoms with Gasteiger partial charge in [0.15, 0.2) is 0 Å². The molecule has 0 amide bonds. The van der Waals surface area contributed by atoms with Gasteiger partial charge in [0.1, 0.15) is 12.4 Å². The van der Waals surface area contributed by atoms with Crippen LogP contribution in [0.5, 0.6) is 5.75 Å². The first-order valence-corrected chi connectivity index (χ1v) is 6.26. The largest absolute Gasteiger partial charge is 0.492 e. The van der Waals surface area contributed by atoms with Gasteiger partial charge in [0.05, 0.1) is 6.54 Å². The van der Waals surface area contributed by atoms with E-state index in [0.717, 1.165) is 12.3 Å². The monoisotopic (exact) mass is 244 g/mol. The Balaban J connectivity index is 1.87. The first-order valence-electron chi connectivity index (χ1n) is 6.26. The molecule has 3 nitrogen and oxygen atoms in total. The summed E-state index contributed by atoms with van der Waals surface area (Å²) in [7, 11) is 0. The molecule has 3 heteroatoms. The van der Waals surface area contributed by atoms with Crippen molar-refractivity contribution in [1.29, 1.82) is 0 Å². The predicted octanol–water partition coefficient (Wildman–Crippen LogP) is 3.26. The molecule has 96 valence electrons. The Kier molecular flexibility index (Phi) is 3.70. The first-order chi connectivity index (χ1) is 8.55. The SMILES string of the molecule is CC(C)(C)c1ccc(OCCn2cccn2)cc1. The second-order valence-corrected chi connectivity index (χ2v) is 5.39. The van der Waals surface area contributed by atoms with Gasteiger partial charge in [-0.3, -0.25) is 4.68 Å². The summed E-state index contributed by atoms with van der Waals surface area (Å²) >= 11 is 0. The molecule has 1 aromatic carbocycles. The average molecular weight is 244 g/mol. The summed E-state index contributed by atoms with van der Waals surface area (Å²) in [5.74, 6) is 0.912. The van der Waals surface area contributed by atoms with Crippen molar-refractivity contribution in [2.24, 2.45) is 0 Å². The molecule has 1 aromatic heterocycles. The van der Waals surface area contributed by atoms with Crippen molar-refractivity contribution in [3.05, 3.63) is 48.3 Å². The van der Waals surface area contributed by atoms with Gasteiger partial charge in [0.2, 0.25) is 0 Å². The van der Waals surface area contributed by atoms with Crippen LogP contribution in [-0.2, 0) is 12.0 Å². The van der Waals surface area contributed by atoms with Gasteiger partial charge >= 0.3 is 0 Å². The molecule has 0 aliphatic heterocycles. The van der Waals surface area contributed by atoms with Crippen molar-refractivity contribution in [2.45, 2.75) is 32.7 Å². The standard InChI is InChI=1S/C15H20N2O/c1-15(2,3)13-5-7-14(8-6-13)18-12-11-17-10-4-9-16-17/h4-10H,11-12H2,1-3H3. The van der Waals surface area contributed by atoms with E-state index in [1.165, 1.54) is 5.56 Å². The van der Waals surface area contributed by atoms with Crippen molar-refractivity contribution in [3.63, 3.8) is 0 Å². The number of benzene rings is 1. The van der Waals surface area contributed by atoms with Gasteiger partial charge in [0.25, 0.3) is 0 Å². The van der Waals surface area contributed by atoms with E-state index < -0.39 is 0 Å². The van der Waals surface area contributed by atoms with Crippen molar-refractivity contribution in [3.8, 4) is 5.75 Å². The van der Waals surface area contributed by atoms with Crippen LogP contribution >= 0.6 is 0 Å². The number of hydrogen-bond donors (Lipinski definition) is 0. The molecule has 0 saturated heterocycles. The van der Waals surface area contributed by atoms with Crippen molar-refractivity contribution in [1.82, 2.24) is 9.78 Å². The van der Waals surface area contributed by atoms with Crippen molar-refractivity contribution < 1.29 is 4.74 Å². The van der Waals surface area contributed by atoms with E-state index in [4.69, 9.17) is 4.74 Å². The molecular weight excluding hydrogens is 224 g/mol. The molecule has 0 unspecified atom stereocenters. The fraction of sp³-hybridized carbons (Fsp3) is 0.400. The summed E-state index contributed by atoms with van der Waals surface area (Å²) in [5.41, 5.74) is 1.51. The predicted molar refractivity (Wildman–Crippen MR) is 72.9 cm³/mol. The molecule has 0 saturated carbocycles. The van der Waals surface area contributed by atoms with E-state index in [1.54, 1.807) is 6.20 Å². The number of ether oxygens (including phenoxy) is 1. The highest BCUT2D eigenvalue weighted by molar-refractivity contribution is 5.31. The van der Waals surface area contributed by atoms with Crippen LogP contribution in [0, 0.1) is 0 Å². The lowest BCUT2D eigenvalue weighted by Crippen LogP contribution is -2.11. The van der Waals surface area contributed by atoms with E-state index in [1.807, 2.05) is 29.1 Å². The highest BCUT2D eigenvalue weighted by Crippen LogP contribution is 2.24. The number of nitrogens with zero attached hydrogens (tertiary/aromatic N) is 2. The Labute approximate surface area is 108 Å². The molecule has 1 heterocycles. The van der Waals surface area contributed by atoms with E-state index in [9.17, 15) is 0 Å². The normalized spacial score (nSPS) is 11.5. The number of hydrogen-bond acceptors (Lipinski definition) is 2. The van der Waals surface area contributed by atoms with Crippen LogP contribution in [0.15, 0.2) is 42.7 Å². The Morgan fingerprint density at radius 2 is 1.89 bits per heavy atom. The lowest BCUT2D eigenvalue weighted by atomic mass is 9.87. The minimum atomic E-state index is 0.188. The fourth-order valence-corrected chi connectivity index (χ4v) is 1.74. The third-order valence-electron chi connectivity index (χ3n) is 2.87. The van der Waals surface area contributed by atoms with Crippen LogP contribution < -0.4 is 4.74 Å². The molecule has 0 bridgehead atoms. The Bertz CT molecular complexity index is 466. The maximum absolute atomic E-state index is 5.69. The van der Waals surface area contributed by atoms with E-state index in [0.29, 0.717) is 6.61 Å².